The maximum atomic E-state index is 11.7. The second kappa shape index (κ2) is 6.15. The van der Waals surface area contributed by atoms with Crippen molar-refractivity contribution >= 4 is 27.9 Å². The predicted octanol–water partition coefficient (Wildman–Crippen LogP) is -2.95. The SMILES string of the molecule is NC(=O)CC(NC(=O)[C@@H]1C[C@H](S(=O)(=O)O)CN1)C(=O)O. The van der Waals surface area contributed by atoms with Crippen molar-refractivity contribution in [3.8, 4) is 0 Å². The Kier molecular flexibility index (Phi) is 5.03. The molecule has 114 valence electrons. The molecule has 1 aliphatic rings. The van der Waals surface area contributed by atoms with E-state index in [1.807, 2.05) is 0 Å². The van der Waals surface area contributed by atoms with Crippen LogP contribution in [0.4, 0.5) is 0 Å². The first-order chi connectivity index (χ1) is 9.11. The number of hydrogen-bond acceptors (Lipinski definition) is 6. The molecule has 1 rings (SSSR count). The zero-order chi connectivity index (χ0) is 15.5. The van der Waals surface area contributed by atoms with Crippen LogP contribution in [-0.2, 0) is 24.5 Å². The highest BCUT2D eigenvalue weighted by molar-refractivity contribution is 7.86. The zero-order valence-corrected chi connectivity index (χ0v) is 11.1. The molecule has 0 aliphatic carbocycles. The molecule has 11 heteroatoms. The number of nitrogens with one attached hydrogen (secondary N) is 2. The van der Waals surface area contributed by atoms with Crippen molar-refractivity contribution in [2.45, 2.75) is 30.2 Å². The molecule has 0 aromatic carbocycles. The van der Waals surface area contributed by atoms with Gasteiger partial charge in [0.05, 0.1) is 12.5 Å². The Hall–Kier alpha value is -1.72. The summed E-state index contributed by atoms with van der Waals surface area (Å²) in [5, 5.41) is 12.3. The average molecular weight is 309 g/mol. The highest BCUT2D eigenvalue weighted by Gasteiger charge is 2.37. The molecule has 1 saturated heterocycles. The normalized spacial score (nSPS) is 24.1. The topological polar surface area (TPSA) is 176 Å². The highest BCUT2D eigenvalue weighted by Crippen LogP contribution is 2.14. The third kappa shape index (κ3) is 4.43. The van der Waals surface area contributed by atoms with Gasteiger partial charge in [0.15, 0.2) is 0 Å². The number of rotatable bonds is 6. The molecular weight excluding hydrogens is 294 g/mol. The van der Waals surface area contributed by atoms with E-state index in [1.54, 1.807) is 0 Å². The molecule has 0 saturated carbocycles. The maximum absolute atomic E-state index is 11.7. The van der Waals surface area contributed by atoms with Gasteiger partial charge in [-0.15, -0.1) is 0 Å². The number of carbonyl (C=O) groups is 3. The number of aliphatic carboxylic acids is 1. The Morgan fingerprint density at radius 3 is 2.40 bits per heavy atom. The van der Waals surface area contributed by atoms with Gasteiger partial charge in [-0.25, -0.2) is 4.79 Å². The molecule has 0 radical (unpaired) electrons. The first-order valence-electron chi connectivity index (χ1n) is 5.62. The van der Waals surface area contributed by atoms with Gasteiger partial charge in [0.2, 0.25) is 11.8 Å². The Bertz CT molecular complexity index is 518. The van der Waals surface area contributed by atoms with Crippen molar-refractivity contribution in [1.82, 2.24) is 10.6 Å². The van der Waals surface area contributed by atoms with E-state index >= 15 is 0 Å². The van der Waals surface area contributed by atoms with E-state index in [4.69, 9.17) is 15.4 Å². The molecule has 1 heterocycles. The van der Waals surface area contributed by atoms with Gasteiger partial charge >= 0.3 is 5.97 Å². The van der Waals surface area contributed by atoms with Crippen molar-refractivity contribution in [2.75, 3.05) is 6.54 Å². The van der Waals surface area contributed by atoms with Crippen molar-refractivity contribution in [3.63, 3.8) is 0 Å². The number of carboxylic acids is 1. The van der Waals surface area contributed by atoms with E-state index < -0.39 is 51.7 Å². The fourth-order valence-corrected chi connectivity index (χ4v) is 2.55. The summed E-state index contributed by atoms with van der Waals surface area (Å²) >= 11 is 0. The Balaban J connectivity index is 2.63. The summed E-state index contributed by atoms with van der Waals surface area (Å²) < 4.78 is 30.7. The van der Waals surface area contributed by atoms with E-state index in [0.717, 1.165) is 0 Å². The third-order valence-electron chi connectivity index (χ3n) is 2.85. The van der Waals surface area contributed by atoms with Crippen molar-refractivity contribution in [1.29, 1.82) is 0 Å². The fourth-order valence-electron chi connectivity index (χ4n) is 1.80. The standard InChI is InChI=1S/C9H15N3O7S/c10-7(13)2-6(9(15)16)12-8(14)5-1-4(3-11-5)20(17,18)19/h4-6,11H,1-3H2,(H2,10,13)(H,12,14)(H,15,16)(H,17,18,19)/t4-,5-,6?/m0/s1. The van der Waals surface area contributed by atoms with Crippen LogP contribution in [0.1, 0.15) is 12.8 Å². The predicted molar refractivity (Wildman–Crippen MR) is 65.1 cm³/mol. The van der Waals surface area contributed by atoms with Crippen LogP contribution < -0.4 is 16.4 Å². The Morgan fingerprint density at radius 1 is 1.40 bits per heavy atom. The van der Waals surface area contributed by atoms with Crippen LogP contribution in [0.3, 0.4) is 0 Å². The molecule has 10 nitrogen and oxygen atoms in total. The summed E-state index contributed by atoms with van der Waals surface area (Å²) in [6.45, 7) is -0.121. The van der Waals surface area contributed by atoms with Crippen molar-refractivity contribution < 1.29 is 32.5 Å². The van der Waals surface area contributed by atoms with Crippen molar-refractivity contribution in [3.05, 3.63) is 0 Å². The summed E-state index contributed by atoms with van der Waals surface area (Å²) in [7, 11) is -4.27. The number of hydrogen-bond donors (Lipinski definition) is 5. The van der Waals surface area contributed by atoms with Crippen LogP contribution in [0.2, 0.25) is 0 Å². The molecule has 6 N–H and O–H groups in total. The largest absolute Gasteiger partial charge is 0.480 e. The zero-order valence-electron chi connectivity index (χ0n) is 10.3. The molecule has 2 amide bonds. The van der Waals surface area contributed by atoms with Gasteiger partial charge in [-0.3, -0.25) is 14.1 Å². The smallest absolute Gasteiger partial charge is 0.326 e. The van der Waals surface area contributed by atoms with E-state index in [-0.39, 0.29) is 13.0 Å². The number of carboxylic acid groups (broad SMARTS) is 1. The minimum absolute atomic E-state index is 0.121. The summed E-state index contributed by atoms with van der Waals surface area (Å²) in [4.78, 5) is 33.3. The van der Waals surface area contributed by atoms with Gasteiger partial charge in [-0.2, -0.15) is 8.42 Å². The monoisotopic (exact) mass is 309 g/mol. The maximum Gasteiger partial charge on any atom is 0.326 e. The molecule has 1 fully saturated rings. The third-order valence-corrected chi connectivity index (χ3v) is 4.05. The highest BCUT2D eigenvalue weighted by atomic mass is 32.2. The molecule has 3 atom stereocenters. The molecule has 0 spiro atoms. The lowest BCUT2D eigenvalue weighted by molar-refractivity contribution is -0.143. The first kappa shape index (κ1) is 16.3. The number of nitrogens with two attached hydrogens (primary N) is 1. The van der Waals surface area contributed by atoms with Gasteiger partial charge in [0.1, 0.15) is 11.3 Å². The van der Waals surface area contributed by atoms with Crippen molar-refractivity contribution in [2.24, 2.45) is 5.73 Å². The molecule has 0 bridgehead atoms. The average Bonchev–Trinajstić information content (AvgIpc) is 2.75. The lowest BCUT2D eigenvalue weighted by Gasteiger charge is -2.16. The molecule has 1 unspecified atom stereocenters. The van der Waals surface area contributed by atoms with Gasteiger partial charge in [-0.05, 0) is 6.42 Å². The molecule has 20 heavy (non-hydrogen) atoms. The number of primary amides is 1. The number of carbonyl (C=O) groups excluding carboxylic acids is 2. The molecule has 0 aromatic heterocycles. The van der Waals surface area contributed by atoms with E-state index in [1.165, 1.54) is 0 Å². The lowest BCUT2D eigenvalue weighted by atomic mass is 10.1. The van der Waals surface area contributed by atoms with Gasteiger partial charge < -0.3 is 21.5 Å². The van der Waals surface area contributed by atoms with Crippen LogP contribution >= 0.6 is 0 Å². The van der Waals surface area contributed by atoms with Crippen LogP contribution in [0.5, 0.6) is 0 Å². The quantitative estimate of drug-likeness (QED) is 0.323. The van der Waals surface area contributed by atoms with Crippen LogP contribution in [0, 0.1) is 0 Å². The fraction of sp³-hybridized carbons (Fsp3) is 0.667. The van der Waals surface area contributed by atoms with Gasteiger partial charge in [0.25, 0.3) is 10.1 Å². The summed E-state index contributed by atoms with van der Waals surface area (Å²) in [5.41, 5.74) is 4.86. The lowest BCUT2D eigenvalue weighted by Crippen LogP contribution is -2.49. The van der Waals surface area contributed by atoms with E-state index in [0.29, 0.717) is 0 Å². The van der Waals surface area contributed by atoms with Gasteiger partial charge in [-0.1, -0.05) is 0 Å². The minimum Gasteiger partial charge on any atom is -0.480 e. The summed E-state index contributed by atoms with van der Waals surface area (Å²) in [6, 6.07) is -2.44. The minimum atomic E-state index is -4.27. The van der Waals surface area contributed by atoms with Crippen LogP contribution in [0.15, 0.2) is 0 Å². The summed E-state index contributed by atoms with van der Waals surface area (Å²) in [5.74, 6) is -3.10. The van der Waals surface area contributed by atoms with E-state index in [2.05, 4.69) is 10.6 Å². The molecule has 1 aliphatic heterocycles. The molecule has 0 aromatic rings. The summed E-state index contributed by atoms with van der Waals surface area (Å²) in [6.07, 6.45) is -0.761. The number of amides is 2. The molecular formula is C9H15N3O7S. The second-order valence-electron chi connectivity index (χ2n) is 4.40. The van der Waals surface area contributed by atoms with Crippen LogP contribution in [-0.4, -0.2) is 59.7 Å². The second-order valence-corrected chi connectivity index (χ2v) is 6.10. The Morgan fingerprint density at radius 2 is 2.00 bits per heavy atom. The van der Waals surface area contributed by atoms with Gasteiger partial charge in [0, 0.05) is 6.54 Å². The first-order valence-corrected chi connectivity index (χ1v) is 7.12. The van der Waals surface area contributed by atoms with Crippen LogP contribution in [0.25, 0.3) is 0 Å². The Labute approximate surface area is 114 Å². The van der Waals surface area contributed by atoms with E-state index in [9.17, 15) is 22.8 Å².